The van der Waals surface area contributed by atoms with Crippen molar-refractivity contribution in [3.63, 3.8) is 0 Å². The number of β-amino-alcohol motifs (C(OH)–C–C–N with tert-alkyl or cyclic N) is 1. The second-order valence-electron chi connectivity index (χ2n) is 12.6. The van der Waals surface area contributed by atoms with Gasteiger partial charge in [-0.3, -0.25) is 19.2 Å². The van der Waals surface area contributed by atoms with Crippen LogP contribution in [-0.2, 0) is 25.7 Å². The van der Waals surface area contributed by atoms with Gasteiger partial charge in [0.05, 0.1) is 28.8 Å². The highest BCUT2D eigenvalue weighted by Crippen LogP contribution is 2.40. The van der Waals surface area contributed by atoms with E-state index >= 15 is 0 Å². The van der Waals surface area contributed by atoms with E-state index in [9.17, 15) is 28.7 Å². The number of hydrogen-bond acceptors (Lipinski definition) is 8. The Morgan fingerprint density at radius 3 is 2.57 bits per heavy atom. The maximum absolute atomic E-state index is 14.4. The fraction of sp³-hybridized carbons (Fsp3) is 0.581. The first kappa shape index (κ1) is 33.3. The van der Waals surface area contributed by atoms with Gasteiger partial charge in [0.2, 0.25) is 11.8 Å². The number of hydrogen-bond donors (Lipinski definition) is 4. The Labute approximate surface area is 260 Å². The average Bonchev–Trinajstić information content (AvgIpc) is 3.36. The number of aryl methyl sites for hydroxylation is 1. The molecule has 2 aliphatic rings. The smallest absolute Gasteiger partial charge is 0.303 e. The molecule has 1 aliphatic carbocycles. The lowest BCUT2D eigenvalue weighted by Gasteiger charge is -2.35. The van der Waals surface area contributed by atoms with E-state index in [1.54, 1.807) is 26.3 Å². The SMILES string of the molecule is Cc1ncsc1-c1ccc(CNC(=O)[C@@H]2C[C@@H](O)CN2C(=O)[C@@H](NC(=O)C2(F)CC2)C(C)(C)C)c(OCCCCC(=O)O)c1. The van der Waals surface area contributed by atoms with Crippen molar-refractivity contribution < 1.29 is 38.5 Å². The zero-order valence-corrected chi connectivity index (χ0v) is 26.3. The lowest BCUT2D eigenvalue weighted by Crippen LogP contribution is -2.59. The molecule has 4 rings (SSSR count). The van der Waals surface area contributed by atoms with Crippen molar-refractivity contribution in [2.45, 2.75) is 96.6 Å². The minimum atomic E-state index is -1.96. The molecule has 0 spiro atoms. The zero-order valence-electron chi connectivity index (χ0n) is 25.5. The summed E-state index contributed by atoms with van der Waals surface area (Å²) in [6.07, 6.45) is 0.342. The molecular formula is C31H41FN4O7S. The Kier molecular flexibility index (Phi) is 10.3. The first-order valence-corrected chi connectivity index (χ1v) is 15.7. The number of aromatic nitrogens is 1. The normalized spacial score (nSPS) is 19.7. The van der Waals surface area contributed by atoms with Crippen molar-refractivity contribution in [1.82, 2.24) is 20.5 Å². The molecule has 3 amide bonds. The summed E-state index contributed by atoms with van der Waals surface area (Å²) in [6.45, 7) is 7.42. The maximum Gasteiger partial charge on any atom is 0.303 e. The third kappa shape index (κ3) is 8.12. The number of unbranched alkanes of at least 4 members (excludes halogenated alkanes) is 1. The number of halogens is 1. The monoisotopic (exact) mass is 632 g/mol. The number of rotatable bonds is 13. The number of nitrogens with one attached hydrogen (secondary N) is 2. The van der Waals surface area contributed by atoms with Crippen LogP contribution in [0.1, 0.15) is 70.6 Å². The van der Waals surface area contributed by atoms with Crippen LogP contribution in [0.3, 0.4) is 0 Å². The second kappa shape index (κ2) is 13.6. The summed E-state index contributed by atoms with van der Waals surface area (Å²) >= 11 is 1.49. The minimum absolute atomic E-state index is 0.0198. The van der Waals surface area contributed by atoms with E-state index in [0.29, 0.717) is 24.2 Å². The third-order valence-corrected chi connectivity index (χ3v) is 8.90. The summed E-state index contributed by atoms with van der Waals surface area (Å²) < 4.78 is 20.5. The van der Waals surface area contributed by atoms with E-state index < -0.39 is 53.0 Å². The van der Waals surface area contributed by atoms with Gasteiger partial charge in [0.25, 0.3) is 5.91 Å². The first-order valence-electron chi connectivity index (χ1n) is 14.8. The van der Waals surface area contributed by atoms with Crippen LogP contribution in [0.15, 0.2) is 23.7 Å². The van der Waals surface area contributed by atoms with Crippen molar-refractivity contribution in [3.05, 3.63) is 35.0 Å². The molecule has 0 radical (unpaired) electrons. The molecule has 0 bridgehead atoms. The van der Waals surface area contributed by atoms with Gasteiger partial charge < -0.3 is 30.5 Å². The van der Waals surface area contributed by atoms with E-state index in [1.807, 2.05) is 25.1 Å². The average molecular weight is 633 g/mol. The number of carboxylic acid groups (broad SMARTS) is 1. The number of ether oxygens (including phenoxy) is 1. The van der Waals surface area contributed by atoms with Crippen LogP contribution in [0, 0.1) is 12.3 Å². The fourth-order valence-corrected chi connectivity index (χ4v) is 5.94. The van der Waals surface area contributed by atoms with E-state index in [2.05, 4.69) is 15.6 Å². The molecule has 0 unspecified atom stereocenters. The summed E-state index contributed by atoms with van der Waals surface area (Å²) in [5.41, 5.74) is 1.46. The number of aliphatic hydroxyl groups excluding tert-OH is 1. The molecule has 4 N–H and O–H groups in total. The maximum atomic E-state index is 14.4. The van der Waals surface area contributed by atoms with Crippen LogP contribution in [0.5, 0.6) is 5.75 Å². The third-order valence-electron chi connectivity index (χ3n) is 7.92. The molecule has 2 fully saturated rings. The fourth-order valence-electron chi connectivity index (χ4n) is 5.13. The standard InChI is InChI=1S/C31H41FN4O7S/c1-18-25(44-17-34-18)19-8-9-20(23(13-19)43-12-6-5-7-24(38)39)15-33-27(40)22-14-21(37)16-36(22)28(41)26(30(2,3)4)35-29(42)31(32)10-11-31/h8-9,13,17,21-22,26,37H,5-7,10-12,14-16H2,1-4H3,(H,33,40)(H,35,42)(H,38,39)/t21-,22+,26-/m1/s1. The Bertz CT molecular complexity index is 1390. The molecule has 44 heavy (non-hydrogen) atoms. The van der Waals surface area contributed by atoms with E-state index in [1.165, 1.54) is 16.2 Å². The second-order valence-corrected chi connectivity index (χ2v) is 13.5. The number of benzene rings is 1. The molecule has 1 saturated carbocycles. The summed E-state index contributed by atoms with van der Waals surface area (Å²) in [4.78, 5) is 57.1. The van der Waals surface area contributed by atoms with Gasteiger partial charge in [-0.1, -0.05) is 32.9 Å². The number of carbonyl (C=O) groups excluding carboxylic acids is 3. The number of carbonyl (C=O) groups is 4. The molecule has 1 aromatic heterocycles. The topological polar surface area (TPSA) is 158 Å². The Morgan fingerprint density at radius 1 is 1.23 bits per heavy atom. The Balaban J connectivity index is 1.47. The van der Waals surface area contributed by atoms with Crippen LogP contribution in [0.25, 0.3) is 10.4 Å². The number of likely N-dealkylation sites (tertiary alicyclic amines) is 1. The highest BCUT2D eigenvalue weighted by Gasteiger charge is 2.53. The molecule has 1 saturated heterocycles. The number of nitrogens with zero attached hydrogens (tertiary/aromatic N) is 2. The van der Waals surface area contributed by atoms with E-state index in [0.717, 1.165) is 16.1 Å². The summed E-state index contributed by atoms with van der Waals surface area (Å²) in [7, 11) is 0. The van der Waals surface area contributed by atoms with Crippen molar-refractivity contribution >= 4 is 35.0 Å². The number of amides is 3. The molecule has 11 nitrogen and oxygen atoms in total. The lowest BCUT2D eigenvalue weighted by atomic mass is 9.85. The van der Waals surface area contributed by atoms with Gasteiger partial charge in [-0.05, 0) is 49.7 Å². The van der Waals surface area contributed by atoms with E-state index in [-0.39, 0.29) is 45.4 Å². The quantitative estimate of drug-likeness (QED) is 0.245. The molecule has 240 valence electrons. The molecular weight excluding hydrogens is 591 g/mol. The van der Waals surface area contributed by atoms with Gasteiger partial charge in [0.15, 0.2) is 5.67 Å². The van der Waals surface area contributed by atoms with Crippen molar-refractivity contribution in [2.24, 2.45) is 5.41 Å². The Morgan fingerprint density at radius 2 is 1.95 bits per heavy atom. The lowest BCUT2D eigenvalue weighted by molar-refractivity contribution is -0.145. The van der Waals surface area contributed by atoms with Crippen LogP contribution in [0.2, 0.25) is 0 Å². The van der Waals surface area contributed by atoms with Crippen molar-refractivity contribution in [1.29, 1.82) is 0 Å². The van der Waals surface area contributed by atoms with Crippen LogP contribution in [-0.4, -0.2) is 80.8 Å². The highest BCUT2D eigenvalue weighted by molar-refractivity contribution is 7.13. The highest BCUT2D eigenvalue weighted by atomic mass is 32.1. The molecule has 2 aromatic rings. The molecule has 1 aliphatic heterocycles. The number of aliphatic hydroxyl groups is 1. The predicted octanol–water partition coefficient (Wildman–Crippen LogP) is 3.36. The largest absolute Gasteiger partial charge is 0.493 e. The van der Waals surface area contributed by atoms with Gasteiger partial charge >= 0.3 is 5.97 Å². The van der Waals surface area contributed by atoms with Gasteiger partial charge in [0, 0.05) is 31.5 Å². The minimum Gasteiger partial charge on any atom is -0.493 e. The number of aliphatic carboxylic acids is 1. The zero-order chi connectivity index (χ0) is 32.2. The van der Waals surface area contributed by atoms with Gasteiger partial charge in [0.1, 0.15) is 17.8 Å². The summed E-state index contributed by atoms with van der Waals surface area (Å²) in [5.74, 6) is -2.21. The van der Waals surface area contributed by atoms with Crippen LogP contribution < -0.4 is 15.4 Å². The molecule has 3 atom stereocenters. The van der Waals surface area contributed by atoms with Crippen molar-refractivity contribution in [3.8, 4) is 16.2 Å². The van der Waals surface area contributed by atoms with Crippen LogP contribution >= 0.6 is 11.3 Å². The first-order chi connectivity index (χ1) is 20.7. The van der Waals surface area contributed by atoms with Gasteiger partial charge in [-0.25, -0.2) is 9.37 Å². The Hall–Kier alpha value is -3.58. The van der Waals surface area contributed by atoms with Gasteiger partial charge in [-0.15, -0.1) is 11.3 Å². The van der Waals surface area contributed by atoms with Crippen molar-refractivity contribution in [2.75, 3.05) is 13.2 Å². The number of carboxylic acids is 1. The molecule has 2 heterocycles. The number of alkyl halides is 1. The number of thiazole rings is 1. The van der Waals surface area contributed by atoms with Gasteiger partial charge in [-0.2, -0.15) is 0 Å². The molecule has 1 aromatic carbocycles. The summed E-state index contributed by atoms with van der Waals surface area (Å²) in [5, 5.41) is 24.8. The molecule has 13 heteroatoms. The summed E-state index contributed by atoms with van der Waals surface area (Å²) in [6, 6.07) is 3.53. The predicted molar refractivity (Wildman–Crippen MR) is 162 cm³/mol. The van der Waals surface area contributed by atoms with Crippen LogP contribution in [0.4, 0.5) is 4.39 Å². The van der Waals surface area contributed by atoms with E-state index in [4.69, 9.17) is 9.84 Å².